The van der Waals surface area contributed by atoms with Gasteiger partial charge in [-0.1, -0.05) is 35.9 Å². The van der Waals surface area contributed by atoms with Gasteiger partial charge < -0.3 is 9.47 Å². The molecule has 4 rings (SSSR count). The average molecular weight is 411 g/mol. The maximum Gasteiger partial charge on any atom is 0.225 e. The fourth-order valence-electron chi connectivity index (χ4n) is 4.10. The zero-order chi connectivity index (χ0) is 20.4. The van der Waals surface area contributed by atoms with Gasteiger partial charge in [0.2, 0.25) is 5.91 Å². The quantitative estimate of drug-likeness (QED) is 0.637. The van der Waals surface area contributed by atoms with Gasteiger partial charge in [-0.25, -0.2) is 4.98 Å². The van der Waals surface area contributed by atoms with Crippen LogP contribution in [0.2, 0.25) is 5.02 Å². The second-order valence-electron chi connectivity index (χ2n) is 8.01. The summed E-state index contributed by atoms with van der Waals surface area (Å²) in [4.78, 5) is 21.3. The number of nitrogens with zero attached hydrogens (tertiary/aromatic N) is 4. The van der Waals surface area contributed by atoms with Crippen molar-refractivity contribution in [2.75, 3.05) is 27.2 Å². The first-order valence-electron chi connectivity index (χ1n) is 10.1. The number of imidazole rings is 1. The minimum absolute atomic E-state index is 0.147. The first-order chi connectivity index (χ1) is 14.0. The Balaban J connectivity index is 1.53. The maximum atomic E-state index is 12.2. The molecule has 152 valence electrons. The highest BCUT2D eigenvalue weighted by molar-refractivity contribution is 6.30. The fourth-order valence-corrected chi connectivity index (χ4v) is 4.22. The molecule has 2 aromatic carbocycles. The summed E-state index contributed by atoms with van der Waals surface area (Å²) < 4.78 is 2.30. The molecule has 0 aliphatic carbocycles. The van der Waals surface area contributed by atoms with E-state index >= 15 is 0 Å². The van der Waals surface area contributed by atoms with E-state index in [1.165, 1.54) is 5.56 Å². The van der Waals surface area contributed by atoms with Gasteiger partial charge in [-0.05, 0) is 55.8 Å². The Bertz CT molecular complexity index is 988. The molecule has 1 aliphatic rings. The summed E-state index contributed by atoms with van der Waals surface area (Å²) in [6, 6.07) is 16.3. The van der Waals surface area contributed by atoms with Crippen LogP contribution in [0.15, 0.2) is 48.5 Å². The van der Waals surface area contributed by atoms with Crippen LogP contribution in [0.25, 0.3) is 11.0 Å². The van der Waals surface area contributed by atoms with Crippen molar-refractivity contribution in [3.63, 3.8) is 0 Å². The molecule has 0 radical (unpaired) electrons. The summed E-state index contributed by atoms with van der Waals surface area (Å²) in [6.07, 6.45) is 1.82. The molecule has 5 nitrogen and oxygen atoms in total. The van der Waals surface area contributed by atoms with Crippen molar-refractivity contribution in [3.05, 3.63) is 64.9 Å². The Morgan fingerprint density at radius 1 is 1.07 bits per heavy atom. The van der Waals surface area contributed by atoms with E-state index in [-0.39, 0.29) is 11.8 Å². The Labute approximate surface area is 176 Å². The number of hydrogen-bond acceptors (Lipinski definition) is 3. The largest absolute Gasteiger partial charge is 0.349 e. The lowest BCUT2D eigenvalue weighted by Gasteiger charge is -2.32. The van der Waals surface area contributed by atoms with Crippen LogP contribution in [0.5, 0.6) is 0 Å². The van der Waals surface area contributed by atoms with E-state index in [1.807, 2.05) is 32.3 Å². The second-order valence-corrected chi connectivity index (χ2v) is 8.45. The van der Waals surface area contributed by atoms with E-state index in [1.54, 1.807) is 4.90 Å². The topological polar surface area (TPSA) is 41.4 Å². The molecule has 0 spiro atoms. The first kappa shape index (κ1) is 19.9. The van der Waals surface area contributed by atoms with Gasteiger partial charge in [-0.2, -0.15) is 0 Å². The molecule has 6 heteroatoms. The zero-order valence-corrected chi connectivity index (χ0v) is 17.8. The number of carbonyl (C=O) groups is 1. The van der Waals surface area contributed by atoms with Gasteiger partial charge in [0.1, 0.15) is 5.82 Å². The molecule has 0 unspecified atom stereocenters. The lowest BCUT2D eigenvalue weighted by Crippen LogP contribution is -2.40. The van der Waals surface area contributed by atoms with Gasteiger partial charge in [0.05, 0.1) is 17.6 Å². The highest BCUT2D eigenvalue weighted by Gasteiger charge is 2.27. The third-order valence-electron chi connectivity index (χ3n) is 5.73. The lowest BCUT2D eigenvalue weighted by atomic mass is 9.95. The van der Waals surface area contributed by atoms with Gasteiger partial charge in [0.25, 0.3) is 0 Å². The Hall–Kier alpha value is -2.37. The zero-order valence-electron chi connectivity index (χ0n) is 17.0. The summed E-state index contributed by atoms with van der Waals surface area (Å²) in [5, 5.41) is 0.750. The summed E-state index contributed by atoms with van der Waals surface area (Å²) >= 11 is 6.05. The van der Waals surface area contributed by atoms with Gasteiger partial charge in [-0.15, -0.1) is 0 Å². The van der Waals surface area contributed by atoms with E-state index in [0.29, 0.717) is 0 Å². The van der Waals surface area contributed by atoms with Gasteiger partial charge in [0.15, 0.2) is 0 Å². The average Bonchev–Trinajstić information content (AvgIpc) is 3.06. The standard InChI is InChI=1S/C23H27ClN4O/c1-26(2)23(29)18-11-13-27(14-12-18)16-22-25-20-5-3-4-6-21(20)28(22)15-17-7-9-19(24)10-8-17/h3-10,18H,11-16H2,1-2H3. The highest BCUT2D eigenvalue weighted by Crippen LogP contribution is 2.23. The maximum absolute atomic E-state index is 12.2. The predicted octanol–water partition coefficient (Wildman–Crippen LogP) is 4.04. The number of hydrogen-bond donors (Lipinski definition) is 0. The van der Waals surface area contributed by atoms with Crippen LogP contribution in [0.3, 0.4) is 0 Å². The van der Waals surface area contributed by atoms with Crippen LogP contribution in [-0.4, -0.2) is 52.4 Å². The lowest BCUT2D eigenvalue weighted by molar-refractivity contribution is -0.134. The molecule has 0 atom stereocenters. The number of likely N-dealkylation sites (tertiary alicyclic amines) is 1. The molecular weight excluding hydrogens is 384 g/mol. The van der Waals surface area contributed by atoms with E-state index in [0.717, 1.165) is 60.9 Å². The monoisotopic (exact) mass is 410 g/mol. The molecule has 0 saturated carbocycles. The van der Waals surface area contributed by atoms with E-state index in [9.17, 15) is 4.79 Å². The Kier molecular flexibility index (Phi) is 5.88. The van der Waals surface area contributed by atoms with Crippen LogP contribution in [-0.2, 0) is 17.9 Å². The number of piperidine rings is 1. The van der Waals surface area contributed by atoms with Crippen LogP contribution >= 0.6 is 11.6 Å². The third-order valence-corrected chi connectivity index (χ3v) is 5.98. The molecule has 3 aromatic rings. The molecular formula is C23H27ClN4O. The number of benzene rings is 2. The molecule has 2 heterocycles. The summed E-state index contributed by atoms with van der Waals surface area (Å²) in [5.41, 5.74) is 3.37. The van der Waals surface area contributed by atoms with Crippen molar-refractivity contribution in [3.8, 4) is 0 Å². The number of para-hydroxylation sites is 2. The van der Waals surface area contributed by atoms with Crippen molar-refractivity contribution in [2.45, 2.75) is 25.9 Å². The van der Waals surface area contributed by atoms with Gasteiger partial charge in [0, 0.05) is 31.6 Å². The normalized spacial score (nSPS) is 15.7. The van der Waals surface area contributed by atoms with E-state index in [4.69, 9.17) is 16.6 Å². The van der Waals surface area contributed by atoms with Crippen molar-refractivity contribution in [1.82, 2.24) is 19.4 Å². The summed E-state index contributed by atoms with van der Waals surface area (Å²) in [5.74, 6) is 1.47. The molecule has 0 bridgehead atoms. The SMILES string of the molecule is CN(C)C(=O)C1CCN(Cc2nc3ccccc3n2Cc2ccc(Cl)cc2)CC1. The number of fused-ring (bicyclic) bond motifs is 1. The number of amides is 1. The molecule has 1 aliphatic heterocycles. The fraction of sp³-hybridized carbons (Fsp3) is 0.391. The molecule has 1 saturated heterocycles. The minimum atomic E-state index is 0.147. The molecule has 29 heavy (non-hydrogen) atoms. The summed E-state index contributed by atoms with van der Waals surface area (Å²) in [7, 11) is 3.68. The smallest absolute Gasteiger partial charge is 0.225 e. The highest BCUT2D eigenvalue weighted by atomic mass is 35.5. The summed E-state index contributed by atoms with van der Waals surface area (Å²) in [6.45, 7) is 3.41. The van der Waals surface area contributed by atoms with Crippen LogP contribution < -0.4 is 0 Å². The molecule has 0 N–H and O–H groups in total. The van der Waals surface area contributed by atoms with Crippen LogP contribution in [0.4, 0.5) is 0 Å². The Morgan fingerprint density at radius 2 is 1.76 bits per heavy atom. The van der Waals surface area contributed by atoms with Gasteiger partial charge >= 0.3 is 0 Å². The number of carbonyl (C=O) groups excluding carboxylic acids is 1. The number of aromatic nitrogens is 2. The molecule has 1 fully saturated rings. The Morgan fingerprint density at radius 3 is 2.45 bits per heavy atom. The van der Waals surface area contributed by atoms with Crippen molar-refractivity contribution < 1.29 is 4.79 Å². The van der Waals surface area contributed by atoms with E-state index in [2.05, 4.69) is 39.8 Å². The predicted molar refractivity (Wildman–Crippen MR) is 117 cm³/mol. The van der Waals surface area contributed by atoms with Crippen LogP contribution in [0, 0.1) is 5.92 Å². The molecule has 1 amide bonds. The minimum Gasteiger partial charge on any atom is -0.349 e. The second kappa shape index (κ2) is 8.56. The van der Waals surface area contributed by atoms with Crippen molar-refractivity contribution in [1.29, 1.82) is 0 Å². The van der Waals surface area contributed by atoms with Gasteiger partial charge in [-0.3, -0.25) is 9.69 Å². The van der Waals surface area contributed by atoms with Crippen molar-refractivity contribution in [2.24, 2.45) is 5.92 Å². The third kappa shape index (κ3) is 4.46. The number of rotatable bonds is 5. The number of halogens is 1. The molecule has 1 aromatic heterocycles. The van der Waals surface area contributed by atoms with Crippen LogP contribution in [0.1, 0.15) is 24.2 Å². The van der Waals surface area contributed by atoms with E-state index < -0.39 is 0 Å². The van der Waals surface area contributed by atoms with Crippen molar-refractivity contribution >= 4 is 28.5 Å². The first-order valence-corrected chi connectivity index (χ1v) is 10.5.